The van der Waals surface area contributed by atoms with Crippen LogP contribution in [0.5, 0.6) is 0 Å². The molecule has 0 aliphatic rings. The molecule has 0 unspecified atom stereocenters. The summed E-state index contributed by atoms with van der Waals surface area (Å²) in [6, 6.07) is 21.3. The van der Waals surface area contributed by atoms with E-state index in [1.54, 1.807) is 24.3 Å². The Labute approximate surface area is 164 Å². The van der Waals surface area contributed by atoms with Crippen molar-refractivity contribution >= 4 is 34.8 Å². The minimum absolute atomic E-state index is 0.356. The Kier molecular flexibility index (Phi) is 5.91. The van der Waals surface area contributed by atoms with Crippen LogP contribution in [-0.2, 0) is 0 Å². The van der Waals surface area contributed by atoms with Gasteiger partial charge in [-0.15, -0.1) is 0 Å². The fourth-order valence-corrected chi connectivity index (χ4v) is 2.54. The third-order valence-electron chi connectivity index (χ3n) is 4.00. The molecule has 0 aliphatic heterocycles. The number of carbonyl (C=O) groups is 2. The highest BCUT2D eigenvalue weighted by Gasteiger charge is 2.06. The third-order valence-corrected chi connectivity index (χ3v) is 4.00. The predicted molar refractivity (Wildman–Crippen MR) is 114 cm³/mol. The molecule has 6 heteroatoms. The molecule has 0 spiro atoms. The second kappa shape index (κ2) is 8.73. The largest absolute Gasteiger partial charge is 0.323 e. The Bertz CT molecular complexity index is 890. The summed E-state index contributed by atoms with van der Waals surface area (Å²) < 4.78 is 0. The highest BCUT2D eigenvalue weighted by atomic mass is 16.2. The molecule has 0 bridgehead atoms. The van der Waals surface area contributed by atoms with Crippen molar-refractivity contribution in [3.63, 3.8) is 0 Å². The number of amides is 4. The van der Waals surface area contributed by atoms with Crippen LogP contribution in [0.3, 0.4) is 0 Å². The Hall–Kier alpha value is -3.80. The van der Waals surface area contributed by atoms with Gasteiger partial charge in [-0.1, -0.05) is 41.5 Å². The predicted octanol–water partition coefficient (Wildman–Crippen LogP) is 5.59. The smallest absolute Gasteiger partial charge is 0.308 e. The van der Waals surface area contributed by atoms with Gasteiger partial charge in [-0.25, -0.2) is 9.59 Å². The fraction of sp³-hybridized carbons (Fsp3) is 0.0909. The van der Waals surface area contributed by atoms with Crippen LogP contribution >= 0.6 is 0 Å². The van der Waals surface area contributed by atoms with E-state index < -0.39 is 0 Å². The van der Waals surface area contributed by atoms with Crippen LogP contribution in [0.1, 0.15) is 11.1 Å². The van der Waals surface area contributed by atoms with E-state index in [9.17, 15) is 9.59 Å². The van der Waals surface area contributed by atoms with Gasteiger partial charge in [-0.3, -0.25) is 0 Å². The van der Waals surface area contributed by atoms with Crippen LogP contribution < -0.4 is 21.3 Å². The Morgan fingerprint density at radius 2 is 0.893 bits per heavy atom. The van der Waals surface area contributed by atoms with Crippen LogP contribution in [-0.4, -0.2) is 12.1 Å². The number of rotatable bonds is 4. The summed E-state index contributed by atoms with van der Waals surface area (Å²) in [5.41, 5.74) is 4.78. The van der Waals surface area contributed by atoms with E-state index in [4.69, 9.17) is 0 Å². The van der Waals surface area contributed by atoms with Crippen molar-refractivity contribution in [1.29, 1.82) is 0 Å². The van der Waals surface area contributed by atoms with Crippen LogP contribution in [0.25, 0.3) is 0 Å². The van der Waals surface area contributed by atoms with Gasteiger partial charge in [0.15, 0.2) is 0 Å². The van der Waals surface area contributed by atoms with Gasteiger partial charge < -0.3 is 21.3 Å². The van der Waals surface area contributed by atoms with Gasteiger partial charge in [0.1, 0.15) is 0 Å². The molecule has 142 valence electrons. The van der Waals surface area contributed by atoms with Crippen molar-refractivity contribution in [2.45, 2.75) is 13.8 Å². The summed E-state index contributed by atoms with van der Waals surface area (Å²) in [5.74, 6) is 0. The minimum atomic E-state index is -0.356. The Morgan fingerprint density at radius 3 is 1.29 bits per heavy atom. The first-order valence-corrected chi connectivity index (χ1v) is 8.87. The number of nitrogens with one attached hydrogen (secondary N) is 4. The zero-order valence-corrected chi connectivity index (χ0v) is 15.7. The minimum Gasteiger partial charge on any atom is -0.308 e. The van der Waals surface area contributed by atoms with Crippen LogP contribution in [0.2, 0.25) is 0 Å². The lowest BCUT2D eigenvalue weighted by atomic mass is 10.2. The molecule has 4 amide bonds. The highest BCUT2D eigenvalue weighted by molar-refractivity contribution is 6.02. The summed E-state index contributed by atoms with van der Waals surface area (Å²) in [6.45, 7) is 3.97. The zero-order chi connectivity index (χ0) is 19.9. The van der Waals surface area contributed by atoms with Crippen molar-refractivity contribution in [3.05, 3.63) is 83.9 Å². The first kappa shape index (κ1) is 19.0. The van der Waals surface area contributed by atoms with Crippen molar-refractivity contribution < 1.29 is 9.59 Å². The van der Waals surface area contributed by atoms with E-state index in [2.05, 4.69) is 21.3 Å². The van der Waals surface area contributed by atoms with Crippen molar-refractivity contribution in [2.24, 2.45) is 0 Å². The van der Waals surface area contributed by atoms with Crippen LogP contribution in [0.4, 0.5) is 32.3 Å². The molecule has 0 saturated heterocycles. The van der Waals surface area contributed by atoms with Gasteiger partial charge in [0.05, 0.1) is 0 Å². The standard InChI is InChI=1S/C22H22N4O2/c1-15-6-10-17(11-7-15)23-21(27)25-19-4-3-5-20(14-19)26-22(28)24-18-12-8-16(2)9-13-18/h3-14H,1-2H3,(H2,23,25,27)(H2,24,26,28). The number of anilines is 4. The molecule has 0 heterocycles. The van der Waals surface area contributed by atoms with E-state index in [1.807, 2.05) is 62.4 Å². The molecule has 0 aromatic heterocycles. The molecule has 28 heavy (non-hydrogen) atoms. The molecule has 6 nitrogen and oxygen atoms in total. The van der Waals surface area contributed by atoms with E-state index in [1.165, 1.54) is 0 Å². The topological polar surface area (TPSA) is 82.3 Å². The second-order valence-corrected chi connectivity index (χ2v) is 6.47. The van der Waals surface area contributed by atoms with Gasteiger partial charge in [0.25, 0.3) is 0 Å². The molecular weight excluding hydrogens is 352 g/mol. The van der Waals surface area contributed by atoms with E-state index in [0.29, 0.717) is 22.7 Å². The van der Waals surface area contributed by atoms with Gasteiger partial charge in [0.2, 0.25) is 0 Å². The van der Waals surface area contributed by atoms with Crippen molar-refractivity contribution in [2.75, 3.05) is 21.3 Å². The number of hydrogen-bond acceptors (Lipinski definition) is 2. The maximum Gasteiger partial charge on any atom is 0.323 e. The highest BCUT2D eigenvalue weighted by Crippen LogP contribution is 2.17. The molecule has 0 aliphatic carbocycles. The third kappa shape index (κ3) is 5.60. The number of carbonyl (C=O) groups excluding carboxylic acids is 2. The summed E-state index contributed by atoms with van der Waals surface area (Å²) in [6.07, 6.45) is 0. The summed E-state index contributed by atoms with van der Waals surface area (Å²) in [4.78, 5) is 24.3. The van der Waals surface area contributed by atoms with Gasteiger partial charge in [-0.05, 0) is 56.3 Å². The molecule has 3 rings (SSSR count). The van der Waals surface area contributed by atoms with E-state index in [-0.39, 0.29) is 12.1 Å². The molecule has 3 aromatic carbocycles. The molecule has 0 saturated carbocycles. The van der Waals surface area contributed by atoms with Gasteiger partial charge in [0, 0.05) is 22.7 Å². The number of aryl methyl sites for hydroxylation is 2. The quantitative estimate of drug-likeness (QED) is 0.480. The molecule has 0 radical (unpaired) electrons. The first-order valence-electron chi connectivity index (χ1n) is 8.87. The van der Waals surface area contributed by atoms with Crippen LogP contribution in [0, 0.1) is 13.8 Å². The fourth-order valence-electron chi connectivity index (χ4n) is 2.54. The number of hydrogen-bond donors (Lipinski definition) is 4. The van der Waals surface area contributed by atoms with E-state index >= 15 is 0 Å². The SMILES string of the molecule is Cc1ccc(NC(=O)Nc2cccc(NC(=O)Nc3ccc(C)cc3)c2)cc1. The maximum absolute atomic E-state index is 12.1. The molecule has 3 aromatic rings. The molecule has 0 atom stereocenters. The molecule has 4 N–H and O–H groups in total. The van der Waals surface area contributed by atoms with Crippen molar-refractivity contribution in [1.82, 2.24) is 0 Å². The van der Waals surface area contributed by atoms with E-state index in [0.717, 1.165) is 11.1 Å². The average Bonchev–Trinajstić information content (AvgIpc) is 2.66. The monoisotopic (exact) mass is 374 g/mol. The molecule has 0 fully saturated rings. The summed E-state index contributed by atoms with van der Waals surface area (Å²) >= 11 is 0. The van der Waals surface area contributed by atoms with Gasteiger partial charge >= 0.3 is 12.1 Å². The molecular formula is C22H22N4O2. The Morgan fingerprint density at radius 1 is 0.536 bits per heavy atom. The average molecular weight is 374 g/mol. The summed E-state index contributed by atoms with van der Waals surface area (Å²) in [7, 11) is 0. The number of benzene rings is 3. The lowest BCUT2D eigenvalue weighted by Crippen LogP contribution is -2.21. The lowest BCUT2D eigenvalue weighted by molar-refractivity contribution is 0.261. The number of urea groups is 2. The summed E-state index contributed by atoms with van der Waals surface area (Å²) in [5, 5.41) is 11.0. The zero-order valence-electron chi connectivity index (χ0n) is 15.7. The normalized spacial score (nSPS) is 10.1. The Balaban J connectivity index is 1.57. The lowest BCUT2D eigenvalue weighted by Gasteiger charge is -2.11. The second-order valence-electron chi connectivity index (χ2n) is 6.47. The van der Waals surface area contributed by atoms with Crippen molar-refractivity contribution in [3.8, 4) is 0 Å². The maximum atomic E-state index is 12.1. The van der Waals surface area contributed by atoms with Gasteiger partial charge in [-0.2, -0.15) is 0 Å². The van der Waals surface area contributed by atoms with Crippen LogP contribution in [0.15, 0.2) is 72.8 Å². The first-order chi connectivity index (χ1) is 13.5.